The van der Waals surface area contributed by atoms with E-state index in [1.807, 2.05) is 24.3 Å². The number of halogens is 3. The largest absolute Gasteiger partial charge is 0.310 e. The molecule has 1 N–H and O–H groups in total. The summed E-state index contributed by atoms with van der Waals surface area (Å²) in [5.74, 6) is -0.196. The molecule has 1 unspecified atom stereocenters. The predicted octanol–water partition coefficient (Wildman–Crippen LogP) is 4.98. The van der Waals surface area contributed by atoms with E-state index in [4.69, 9.17) is 11.6 Å². The molecule has 0 radical (unpaired) electrons. The van der Waals surface area contributed by atoms with Crippen molar-refractivity contribution < 1.29 is 4.39 Å². The van der Waals surface area contributed by atoms with Gasteiger partial charge in [-0.3, -0.25) is 0 Å². The minimum absolute atomic E-state index is 0.132. The lowest BCUT2D eigenvalue weighted by Crippen LogP contribution is -2.23. The minimum atomic E-state index is -0.196. The molecule has 0 amide bonds. The Balaban J connectivity index is 2.29. The first kappa shape index (κ1) is 15.7. The molecule has 2 rings (SSSR count). The van der Waals surface area contributed by atoms with Gasteiger partial charge in [0.2, 0.25) is 0 Å². The zero-order valence-electron chi connectivity index (χ0n) is 11.2. The fourth-order valence-corrected chi connectivity index (χ4v) is 3.11. The Bertz CT molecular complexity index is 588. The first-order chi connectivity index (χ1) is 9.60. The van der Waals surface area contributed by atoms with Gasteiger partial charge in [0.15, 0.2) is 0 Å². The van der Waals surface area contributed by atoms with Gasteiger partial charge in [0.25, 0.3) is 0 Å². The van der Waals surface area contributed by atoms with Crippen molar-refractivity contribution in [3.63, 3.8) is 0 Å². The van der Waals surface area contributed by atoms with Crippen LogP contribution in [0, 0.1) is 9.39 Å². The highest BCUT2D eigenvalue weighted by Gasteiger charge is 2.15. The van der Waals surface area contributed by atoms with Crippen molar-refractivity contribution in [2.45, 2.75) is 19.4 Å². The lowest BCUT2D eigenvalue weighted by Gasteiger charge is -2.20. The van der Waals surface area contributed by atoms with Gasteiger partial charge in [0.05, 0.1) is 0 Å². The Labute approximate surface area is 137 Å². The summed E-state index contributed by atoms with van der Waals surface area (Å²) in [4.78, 5) is 0. The van der Waals surface area contributed by atoms with Crippen LogP contribution in [0.5, 0.6) is 0 Å². The summed E-state index contributed by atoms with van der Waals surface area (Å²) < 4.78 is 14.5. The van der Waals surface area contributed by atoms with Crippen molar-refractivity contribution >= 4 is 34.2 Å². The van der Waals surface area contributed by atoms with Crippen LogP contribution in [-0.4, -0.2) is 6.54 Å². The Kier molecular flexibility index (Phi) is 5.81. The van der Waals surface area contributed by atoms with Crippen molar-refractivity contribution in [1.82, 2.24) is 5.32 Å². The van der Waals surface area contributed by atoms with Crippen molar-refractivity contribution in [3.8, 4) is 0 Å². The summed E-state index contributed by atoms with van der Waals surface area (Å²) in [7, 11) is 0. The number of hydrogen-bond donors (Lipinski definition) is 1. The van der Waals surface area contributed by atoms with E-state index in [-0.39, 0.29) is 11.9 Å². The van der Waals surface area contributed by atoms with Gasteiger partial charge in [-0.05, 0) is 77.0 Å². The maximum atomic E-state index is 13.3. The Morgan fingerprint density at radius 1 is 1.25 bits per heavy atom. The highest BCUT2D eigenvalue weighted by molar-refractivity contribution is 14.1. The van der Waals surface area contributed by atoms with E-state index in [1.54, 1.807) is 12.1 Å². The first-order valence-corrected chi connectivity index (χ1v) is 7.98. The molecule has 2 aromatic carbocycles. The molecule has 20 heavy (non-hydrogen) atoms. The molecule has 0 saturated heterocycles. The van der Waals surface area contributed by atoms with Gasteiger partial charge < -0.3 is 5.32 Å². The molecule has 0 aliphatic heterocycles. The molecule has 0 fully saturated rings. The Morgan fingerprint density at radius 2 is 2.05 bits per heavy atom. The quantitative estimate of drug-likeness (QED) is 0.695. The summed E-state index contributed by atoms with van der Waals surface area (Å²) in [6.45, 7) is 2.92. The zero-order valence-corrected chi connectivity index (χ0v) is 14.1. The number of benzene rings is 2. The van der Waals surface area contributed by atoms with Crippen LogP contribution in [0.2, 0.25) is 5.02 Å². The number of nitrogens with one attached hydrogen (secondary N) is 1. The summed E-state index contributed by atoms with van der Waals surface area (Å²) in [6.07, 6.45) is 0.738. The summed E-state index contributed by atoms with van der Waals surface area (Å²) in [5, 5.41) is 4.17. The van der Waals surface area contributed by atoms with Crippen molar-refractivity contribution in [2.24, 2.45) is 0 Å². The number of hydrogen-bond acceptors (Lipinski definition) is 1. The Morgan fingerprint density at radius 3 is 2.75 bits per heavy atom. The fourth-order valence-electron chi connectivity index (χ4n) is 2.22. The highest BCUT2D eigenvalue weighted by Crippen LogP contribution is 2.26. The van der Waals surface area contributed by atoms with Crippen molar-refractivity contribution in [3.05, 3.63) is 68.0 Å². The lowest BCUT2D eigenvalue weighted by atomic mass is 9.99. The van der Waals surface area contributed by atoms with Gasteiger partial charge in [0, 0.05) is 14.6 Å². The molecule has 2 aromatic rings. The summed E-state index contributed by atoms with van der Waals surface area (Å²) in [5.41, 5.74) is 2.14. The SMILES string of the molecule is CCNC(Cc1cccc(F)c1)c1cc(Cl)ccc1I. The summed E-state index contributed by atoms with van der Waals surface area (Å²) >= 11 is 8.41. The monoisotopic (exact) mass is 403 g/mol. The van der Waals surface area contributed by atoms with Crippen LogP contribution in [0.4, 0.5) is 4.39 Å². The molecule has 0 heterocycles. The summed E-state index contributed by atoms with van der Waals surface area (Å²) in [6, 6.07) is 12.8. The standard InChI is InChI=1S/C16H16ClFIN/c1-2-20-16(9-11-4-3-5-13(18)8-11)14-10-12(17)6-7-15(14)19/h3-8,10,16,20H,2,9H2,1H3. The molecule has 0 spiro atoms. The van der Waals surface area contributed by atoms with Crippen molar-refractivity contribution in [2.75, 3.05) is 6.54 Å². The van der Waals surface area contributed by atoms with E-state index in [0.717, 1.165) is 32.7 Å². The van der Waals surface area contributed by atoms with Gasteiger partial charge in [-0.25, -0.2) is 4.39 Å². The second kappa shape index (κ2) is 7.38. The first-order valence-electron chi connectivity index (χ1n) is 6.53. The van der Waals surface area contributed by atoms with Crippen LogP contribution in [0.25, 0.3) is 0 Å². The van der Waals surface area contributed by atoms with Crippen LogP contribution in [0.3, 0.4) is 0 Å². The van der Waals surface area contributed by atoms with E-state index in [1.165, 1.54) is 6.07 Å². The van der Waals surface area contributed by atoms with Gasteiger partial charge in [0.1, 0.15) is 5.82 Å². The van der Waals surface area contributed by atoms with Crippen molar-refractivity contribution in [1.29, 1.82) is 0 Å². The highest BCUT2D eigenvalue weighted by atomic mass is 127. The van der Waals surface area contributed by atoms with Gasteiger partial charge in [-0.1, -0.05) is 30.7 Å². The minimum Gasteiger partial charge on any atom is -0.310 e. The van der Waals surface area contributed by atoms with Gasteiger partial charge in [-0.15, -0.1) is 0 Å². The lowest BCUT2D eigenvalue weighted by molar-refractivity contribution is 0.544. The zero-order chi connectivity index (χ0) is 14.5. The van der Waals surface area contributed by atoms with E-state index >= 15 is 0 Å². The predicted molar refractivity (Wildman–Crippen MR) is 90.7 cm³/mol. The Hall–Kier alpha value is -0.650. The smallest absolute Gasteiger partial charge is 0.123 e. The third kappa shape index (κ3) is 4.17. The normalized spacial score (nSPS) is 12.4. The van der Waals surface area contributed by atoms with E-state index in [2.05, 4.69) is 34.8 Å². The fraction of sp³-hybridized carbons (Fsp3) is 0.250. The second-order valence-electron chi connectivity index (χ2n) is 4.61. The second-order valence-corrected chi connectivity index (χ2v) is 6.21. The third-order valence-corrected chi connectivity index (χ3v) is 4.33. The molecule has 0 aliphatic carbocycles. The maximum absolute atomic E-state index is 13.3. The molecular weight excluding hydrogens is 388 g/mol. The van der Waals surface area contributed by atoms with Gasteiger partial charge >= 0.3 is 0 Å². The average molecular weight is 404 g/mol. The van der Waals surface area contributed by atoms with E-state index < -0.39 is 0 Å². The molecule has 1 atom stereocenters. The topological polar surface area (TPSA) is 12.0 Å². The van der Waals surface area contributed by atoms with Crippen LogP contribution in [-0.2, 0) is 6.42 Å². The maximum Gasteiger partial charge on any atom is 0.123 e. The third-order valence-electron chi connectivity index (χ3n) is 3.11. The molecule has 1 nitrogen and oxygen atoms in total. The van der Waals surface area contributed by atoms with E-state index in [9.17, 15) is 4.39 Å². The van der Waals surface area contributed by atoms with Crippen LogP contribution < -0.4 is 5.32 Å². The van der Waals surface area contributed by atoms with E-state index in [0.29, 0.717) is 0 Å². The molecule has 106 valence electrons. The molecule has 0 aromatic heterocycles. The van der Waals surface area contributed by atoms with Gasteiger partial charge in [-0.2, -0.15) is 0 Å². The van der Waals surface area contributed by atoms with Crippen LogP contribution in [0.15, 0.2) is 42.5 Å². The molecular formula is C16H16ClFIN. The molecule has 0 saturated carbocycles. The van der Waals surface area contributed by atoms with Crippen LogP contribution >= 0.6 is 34.2 Å². The number of rotatable bonds is 5. The number of likely N-dealkylation sites (N-methyl/N-ethyl adjacent to an activating group) is 1. The molecule has 0 bridgehead atoms. The van der Waals surface area contributed by atoms with Crippen LogP contribution in [0.1, 0.15) is 24.1 Å². The average Bonchev–Trinajstić information content (AvgIpc) is 2.41. The molecule has 4 heteroatoms. The molecule has 0 aliphatic rings.